The van der Waals surface area contributed by atoms with Crippen molar-refractivity contribution in [1.29, 1.82) is 0 Å². The zero-order valence-electron chi connectivity index (χ0n) is 19.4. The Balaban J connectivity index is 1.39. The number of alkyl halides is 3. The first-order valence-corrected chi connectivity index (χ1v) is 11.5. The Labute approximate surface area is 200 Å². The Morgan fingerprint density at radius 1 is 1.17 bits per heavy atom. The second-order valence-electron chi connectivity index (χ2n) is 9.13. The van der Waals surface area contributed by atoms with E-state index in [1.165, 1.54) is 12.1 Å². The number of nitrogens with zero attached hydrogens (tertiary/aromatic N) is 4. The smallest absolute Gasteiger partial charge is 0.376 e. The lowest BCUT2D eigenvalue weighted by molar-refractivity contribution is -0.181. The van der Waals surface area contributed by atoms with Gasteiger partial charge in [-0.1, -0.05) is 6.07 Å². The van der Waals surface area contributed by atoms with Crippen LogP contribution in [0.5, 0.6) is 0 Å². The van der Waals surface area contributed by atoms with E-state index in [1.54, 1.807) is 6.07 Å². The summed E-state index contributed by atoms with van der Waals surface area (Å²) >= 11 is 0. The number of nitrogens with one attached hydrogen (secondary N) is 1. The third-order valence-corrected chi connectivity index (χ3v) is 6.55. The van der Waals surface area contributed by atoms with Crippen molar-refractivity contribution in [1.82, 2.24) is 14.8 Å². The van der Waals surface area contributed by atoms with Crippen LogP contribution in [0, 0.1) is 0 Å². The van der Waals surface area contributed by atoms with Crippen molar-refractivity contribution >= 4 is 28.2 Å². The number of hydrogen-bond donors (Lipinski definition) is 1. The first-order valence-electron chi connectivity index (χ1n) is 11.5. The SMILES string of the molecule is CN(C)c1cc2nn(C3CCC4(CC3)OCCO4)cc2cc1NC(=O)c1cccc(C(F)(F)F)n1. The molecule has 186 valence electrons. The highest BCUT2D eigenvalue weighted by molar-refractivity contribution is 6.06. The number of carbonyl (C=O) groups excluding carboxylic acids is 1. The molecule has 0 bridgehead atoms. The zero-order valence-corrected chi connectivity index (χ0v) is 19.4. The maximum Gasteiger partial charge on any atom is 0.433 e. The van der Waals surface area contributed by atoms with Gasteiger partial charge in [0, 0.05) is 38.5 Å². The molecular weight excluding hydrogens is 463 g/mol. The standard InChI is InChI=1S/C24H26F3N5O3/c1-31(2)20-13-18-15(14-32(30-18)16-6-8-23(9-7-16)34-10-11-35-23)12-19(20)29-22(33)17-4-3-5-21(28-17)24(25,26)27/h3-5,12-14,16H,6-11H2,1-2H3,(H,29,33). The molecule has 1 amide bonds. The van der Waals surface area contributed by atoms with Gasteiger partial charge in [-0.25, -0.2) is 4.98 Å². The molecule has 3 heterocycles. The number of aromatic nitrogens is 3. The highest BCUT2D eigenvalue weighted by Gasteiger charge is 2.41. The third kappa shape index (κ3) is 4.70. The van der Waals surface area contributed by atoms with Crippen molar-refractivity contribution in [3.63, 3.8) is 0 Å². The normalized spacial score (nSPS) is 18.3. The van der Waals surface area contributed by atoms with Crippen LogP contribution in [0.3, 0.4) is 0 Å². The fourth-order valence-corrected chi connectivity index (χ4v) is 4.73. The lowest BCUT2D eigenvalue weighted by Crippen LogP contribution is -2.35. The molecule has 1 aliphatic carbocycles. The van der Waals surface area contributed by atoms with Gasteiger partial charge in [-0.2, -0.15) is 18.3 Å². The molecule has 1 saturated carbocycles. The van der Waals surface area contributed by atoms with Crippen molar-refractivity contribution in [3.8, 4) is 0 Å². The summed E-state index contributed by atoms with van der Waals surface area (Å²) in [6.07, 6.45) is 0.669. The molecular formula is C24H26F3N5O3. The molecule has 2 aliphatic rings. The Bertz CT molecular complexity index is 1240. The van der Waals surface area contributed by atoms with Gasteiger partial charge in [0.15, 0.2) is 5.79 Å². The van der Waals surface area contributed by atoms with E-state index in [2.05, 4.69) is 10.3 Å². The molecule has 1 spiro atoms. The average molecular weight is 489 g/mol. The highest BCUT2D eigenvalue weighted by Crippen LogP contribution is 2.41. The van der Waals surface area contributed by atoms with Crippen LogP contribution in [0.2, 0.25) is 0 Å². The maximum atomic E-state index is 13.0. The van der Waals surface area contributed by atoms with Gasteiger partial charge in [-0.3, -0.25) is 9.48 Å². The molecule has 11 heteroatoms. The fraction of sp³-hybridized carbons (Fsp3) is 0.458. The van der Waals surface area contributed by atoms with Gasteiger partial charge in [0.1, 0.15) is 11.4 Å². The topological polar surface area (TPSA) is 81.5 Å². The molecule has 8 nitrogen and oxygen atoms in total. The summed E-state index contributed by atoms with van der Waals surface area (Å²) < 4.78 is 52.6. The van der Waals surface area contributed by atoms with Crippen LogP contribution in [0.4, 0.5) is 24.5 Å². The van der Waals surface area contributed by atoms with E-state index in [1.807, 2.05) is 35.9 Å². The number of halogens is 3. The Hall–Kier alpha value is -3.18. The first kappa shape index (κ1) is 23.6. The molecule has 1 aliphatic heterocycles. The van der Waals surface area contributed by atoms with Gasteiger partial charge in [0.05, 0.1) is 36.1 Å². The number of pyridine rings is 1. The maximum absolute atomic E-state index is 13.0. The van der Waals surface area contributed by atoms with Crippen molar-refractivity contribution in [2.24, 2.45) is 0 Å². The van der Waals surface area contributed by atoms with Crippen LogP contribution >= 0.6 is 0 Å². The molecule has 2 aromatic heterocycles. The summed E-state index contributed by atoms with van der Waals surface area (Å²) in [5.41, 5.74) is 0.475. The molecule has 3 aromatic rings. The van der Waals surface area contributed by atoms with Gasteiger partial charge < -0.3 is 19.7 Å². The Kier molecular flexibility index (Phi) is 5.92. The Morgan fingerprint density at radius 2 is 1.89 bits per heavy atom. The molecule has 2 fully saturated rings. The molecule has 35 heavy (non-hydrogen) atoms. The van der Waals surface area contributed by atoms with Gasteiger partial charge >= 0.3 is 6.18 Å². The van der Waals surface area contributed by atoms with Crippen molar-refractivity contribution in [2.45, 2.75) is 43.7 Å². The number of ether oxygens (including phenoxy) is 2. The molecule has 1 aromatic carbocycles. The summed E-state index contributed by atoms with van der Waals surface area (Å²) in [5.74, 6) is -1.17. The predicted molar refractivity (Wildman–Crippen MR) is 123 cm³/mol. The average Bonchev–Trinajstić information content (AvgIpc) is 3.45. The minimum absolute atomic E-state index is 0.205. The fourth-order valence-electron chi connectivity index (χ4n) is 4.73. The summed E-state index contributed by atoms with van der Waals surface area (Å²) in [5, 5.41) is 8.31. The first-order chi connectivity index (χ1) is 16.6. The summed E-state index contributed by atoms with van der Waals surface area (Å²) in [6, 6.07) is 7.10. The number of hydrogen-bond acceptors (Lipinski definition) is 6. The van der Waals surface area contributed by atoms with Crippen LogP contribution in [0.1, 0.15) is 47.9 Å². The zero-order chi connectivity index (χ0) is 24.8. The molecule has 0 atom stereocenters. The van der Waals surface area contributed by atoms with E-state index >= 15 is 0 Å². The van der Waals surface area contributed by atoms with E-state index in [-0.39, 0.29) is 11.7 Å². The van der Waals surface area contributed by atoms with Gasteiger partial charge in [0.25, 0.3) is 5.91 Å². The van der Waals surface area contributed by atoms with Crippen LogP contribution in [-0.2, 0) is 15.7 Å². The monoisotopic (exact) mass is 489 g/mol. The van der Waals surface area contributed by atoms with Gasteiger partial charge in [0.2, 0.25) is 0 Å². The summed E-state index contributed by atoms with van der Waals surface area (Å²) in [4.78, 5) is 18.1. The molecule has 1 N–H and O–H groups in total. The second-order valence-corrected chi connectivity index (χ2v) is 9.13. The van der Waals surface area contributed by atoms with Crippen molar-refractivity contribution in [3.05, 3.63) is 47.9 Å². The van der Waals surface area contributed by atoms with Gasteiger partial charge in [-0.05, 0) is 37.1 Å². The van der Waals surface area contributed by atoms with Crippen LogP contribution in [0.25, 0.3) is 10.9 Å². The lowest BCUT2D eigenvalue weighted by Gasteiger charge is -2.35. The van der Waals surface area contributed by atoms with Crippen molar-refractivity contribution in [2.75, 3.05) is 37.5 Å². The summed E-state index contributed by atoms with van der Waals surface area (Å²) in [6.45, 7) is 1.27. The number of rotatable bonds is 4. The minimum atomic E-state index is -4.63. The highest BCUT2D eigenvalue weighted by atomic mass is 19.4. The van der Waals surface area contributed by atoms with Crippen LogP contribution in [-0.4, -0.2) is 53.8 Å². The quantitative estimate of drug-likeness (QED) is 0.576. The number of anilines is 2. The number of carbonyl (C=O) groups is 1. The molecule has 0 radical (unpaired) electrons. The lowest BCUT2D eigenvalue weighted by atomic mass is 9.90. The predicted octanol–water partition coefficient (Wildman–Crippen LogP) is 4.63. The number of amides is 1. The van der Waals surface area contributed by atoms with Crippen LogP contribution < -0.4 is 10.2 Å². The number of fused-ring (bicyclic) bond motifs is 1. The van der Waals surface area contributed by atoms with E-state index in [0.29, 0.717) is 24.6 Å². The minimum Gasteiger partial charge on any atom is -0.376 e. The molecule has 5 rings (SSSR count). The Morgan fingerprint density at radius 3 is 2.54 bits per heavy atom. The van der Waals surface area contributed by atoms with E-state index in [0.717, 1.165) is 42.7 Å². The van der Waals surface area contributed by atoms with E-state index in [9.17, 15) is 18.0 Å². The second kappa shape index (κ2) is 8.80. The molecule has 1 saturated heterocycles. The van der Waals surface area contributed by atoms with Crippen LogP contribution in [0.15, 0.2) is 36.5 Å². The van der Waals surface area contributed by atoms with E-state index < -0.39 is 23.6 Å². The summed E-state index contributed by atoms with van der Waals surface area (Å²) in [7, 11) is 3.64. The van der Waals surface area contributed by atoms with Crippen molar-refractivity contribution < 1.29 is 27.4 Å². The van der Waals surface area contributed by atoms with E-state index in [4.69, 9.17) is 14.6 Å². The third-order valence-electron chi connectivity index (χ3n) is 6.55. The molecule has 0 unspecified atom stereocenters. The largest absolute Gasteiger partial charge is 0.433 e. The number of benzene rings is 1. The van der Waals surface area contributed by atoms with Gasteiger partial charge in [-0.15, -0.1) is 0 Å².